The molecule has 4 rings (SSSR count). The maximum absolute atomic E-state index is 11.6. The Bertz CT molecular complexity index is 920. The number of rotatable bonds is 4. The highest BCUT2D eigenvalue weighted by Crippen LogP contribution is 2.19. The van der Waals surface area contributed by atoms with E-state index in [-0.39, 0.29) is 0 Å². The lowest BCUT2D eigenvalue weighted by atomic mass is 10.1. The highest BCUT2D eigenvalue weighted by molar-refractivity contribution is 7.88. The van der Waals surface area contributed by atoms with Gasteiger partial charge >= 0.3 is 0 Å². The van der Waals surface area contributed by atoms with Crippen LogP contribution in [0.3, 0.4) is 0 Å². The molecule has 2 aromatic heterocycles. The van der Waals surface area contributed by atoms with Crippen LogP contribution < -0.4 is 10.5 Å². The molecular formula is C16H23BN6O3S. The molecule has 2 fully saturated rings. The lowest BCUT2D eigenvalue weighted by Crippen LogP contribution is -2.47. The number of aromatic nitrogens is 3. The number of imidazole rings is 1. The molecule has 2 aromatic rings. The van der Waals surface area contributed by atoms with Crippen molar-refractivity contribution in [2.45, 2.75) is 6.54 Å². The van der Waals surface area contributed by atoms with Gasteiger partial charge in [0.15, 0.2) is 11.5 Å². The summed E-state index contributed by atoms with van der Waals surface area (Å²) in [6.07, 6.45) is 5.01. The van der Waals surface area contributed by atoms with Gasteiger partial charge in [-0.1, -0.05) is 0 Å². The zero-order chi connectivity index (χ0) is 19.0. The zero-order valence-corrected chi connectivity index (χ0v) is 16.2. The van der Waals surface area contributed by atoms with Gasteiger partial charge in [0, 0.05) is 63.8 Å². The minimum atomic E-state index is -3.12. The van der Waals surface area contributed by atoms with Gasteiger partial charge in [0.2, 0.25) is 10.0 Å². The minimum Gasteiger partial charge on any atom is -0.378 e. The van der Waals surface area contributed by atoms with E-state index in [1.807, 2.05) is 10.6 Å². The van der Waals surface area contributed by atoms with E-state index >= 15 is 0 Å². The molecule has 11 heteroatoms. The van der Waals surface area contributed by atoms with E-state index in [0.29, 0.717) is 51.5 Å². The molecule has 0 saturated carbocycles. The summed E-state index contributed by atoms with van der Waals surface area (Å²) in [6.45, 7) is 5.95. The van der Waals surface area contributed by atoms with E-state index < -0.39 is 10.0 Å². The molecule has 4 heterocycles. The summed E-state index contributed by atoms with van der Waals surface area (Å²) in [7, 11) is 2.87. The van der Waals surface area contributed by atoms with Crippen molar-refractivity contribution in [3.8, 4) is 0 Å². The van der Waals surface area contributed by atoms with Gasteiger partial charge in [-0.05, 0) is 0 Å². The molecule has 0 spiro atoms. The summed E-state index contributed by atoms with van der Waals surface area (Å²) in [5.41, 5.74) is 2.16. The van der Waals surface area contributed by atoms with Crippen molar-refractivity contribution >= 4 is 34.9 Å². The molecule has 0 amide bonds. The second-order valence-corrected chi connectivity index (χ2v) is 8.97. The van der Waals surface area contributed by atoms with Crippen LogP contribution in [0.1, 0.15) is 5.69 Å². The summed E-state index contributed by atoms with van der Waals surface area (Å²) in [6, 6.07) is 0. The predicted molar refractivity (Wildman–Crippen MR) is 103 cm³/mol. The Morgan fingerprint density at radius 2 is 1.78 bits per heavy atom. The predicted octanol–water partition coefficient (Wildman–Crippen LogP) is -1.56. The number of morpholine rings is 1. The highest BCUT2D eigenvalue weighted by Gasteiger charge is 2.24. The van der Waals surface area contributed by atoms with Gasteiger partial charge in [-0.3, -0.25) is 4.90 Å². The van der Waals surface area contributed by atoms with Gasteiger partial charge in [0.1, 0.15) is 7.85 Å². The molecule has 0 aliphatic carbocycles. The fourth-order valence-corrected chi connectivity index (χ4v) is 4.39. The van der Waals surface area contributed by atoms with E-state index in [0.717, 1.165) is 30.2 Å². The van der Waals surface area contributed by atoms with Crippen LogP contribution in [0.5, 0.6) is 0 Å². The second kappa shape index (κ2) is 7.38. The molecule has 144 valence electrons. The average Bonchev–Trinajstić information content (AvgIpc) is 3.03. The first-order valence-electron chi connectivity index (χ1n) is 9.04. The largest absolute Gasteiger partial charge is 0.378 e. The maximum Gasteiger partial charge on any atom is 0.211 e. The first kappa shape index (κ1) is 18.7. The molecule has 2 saturated heterocycles. The quantitative estimate of drug-likeness (QED) is 0.584. The number of anilines is 1. The second-order valence-electron chi connectivity index (χ2n) is 6.99. The lowest BCUT2D eigenvalue weighted by molar-refractivity contribution is 0.122. The molecule has 2 radical (unpaired) electrons. The number of sulfonamides is 1. The molecule has 0 aromatic carbocycles. The number of nitrogens with zero attached hydrogens (tertiary/aromatic N) is 6. The summed E-state index contributed by atoms with van der Waals surface area (Å²) < 4.78 is 32.2. The Labute approximate surface area is 160 Å². The van der Waals surface area contributed by atoms with Crippen molar-refractivity contribution in [3.05, 3.63) is 18.1 Å². The number of ether oxygens (including phenoxy) is 1. The molecule has 27 heavy (non-hydrogen) atoms. The van der Waals surface area contributed by atoms with Crippen molar-refractivity contribution < 1.29 is 13.2 Å². The Morgan fingerprint density at radius 3 is 2.44 bits per heavy atom. The third kappa shape index (κ3) is 4.10. The van der Waals surface area contributed by atoms with Gasteiger partial charge in [-0.25, -0.2) is 18.4 Å². The van der Waals surface area contributed by atoms with Gasteiger partial charge in [0.25, 0.3) is 0 Å². The van der Waals surface area contributed by atoms with Crippen LogP contribution in [0, 0.1) is 0 Å². The summed E-state index contributed by atoms with van der Waals surface area (Å²) in [5.74, 6) is 0.784. The Morgan fingerprint density at radius 1 is 1.07 bits per heavy atom. The fourth-order valence-electron chi connectivity index (χ4n) is 3.56. The van der Waals surface area contributed by atoms with Crippen molar-refractivity contribution in [1.82, 2.24) is 23.6 Å². The van der Waals surface area contributed by atoms with Crippen LogP contribution in [0.15, 0.2) is 12.4 Å². The average molecular weight is 390 g/mol. The van der Waals surface area contributed by atoms with E-state index in [9.17, 15) is 8.42 Å². The molecular weight excluding hydrogens is 367 g/mol. The van der Waals surface area contributed by atoms with Crippen LogP contribution in [0.2, 0.25) is 0 Å². The Hall–Kier alpha value is -1.69. The van der Waals surface area contributed by atoms with Crippen LogP contribution in [-0.4, -0.2) is 98.6 Å². The smallest absolute Gasteiger partial charge is 0.211 e. The molecule has 2 aliphatic heterocycles. The molecule has 2 aliphatic rings. The minimum absolute atomic E-state index is 0.453. The molecule has 0 atom stereocenters. The van der Waals surface area contributed by atoms with Crippen molar-refractivity contribution in [3.63, 3.8) is 0 Å². The van der Waals surface area contributed by atoms with E-state index in [1.165, 1.54) is 10.6 Å². The highest BCUT2D eigenvalue weighted by atomic mass is 32.2. The number of hydrogen-bond acceptors (Lipinski definition) is 7. The number of fused-ring (bicyclic) bond motifs is 1. The van der Waals surface area contributed by atoms with E-state index in [1.54, 1.807) is 6.20 Å². The Balaban J connectivity index is 1.52. The number of piperazine rings is 1. The zero-order valence-electron chi connectivity index (χ0n) is 15.4. The monoisotopic (exact) mass is 390 g/mol. The topological polar surface area (TPSA) is 83.3 Å². The van der Waals surface area contributed by atoms with Gasteiger partial charge in [0.05, 0.1) is 25.2 Å². The standard InChI is InChI=1S/C16H23BN6O3S/c1-27(24,25)23-4-2-20(3-5-23)10-13-11-22-12-14(17)19-16(15(22)18-13)21-6-8-26-9-7-21/h11-12H,2-10H2,1H3. The van der Waals surface area contributed by atoms with Crippen molar-refractivity contribution in [2.75, 3.05) is 63.6 Å². The van der Waals surface area contributed by atoms with Gasteiger partial charge in [-0.2, -0.15) is 4.31 Å². The van der Waals surface area contributed by atoms with Gasteiger partial charge in [-0.15, -0.1) is 0 Å². The van der Waals surface area contributed by atoms with Gasteiger partial charge < -0.3 is 14.0 Å². The first-order valence-corrected chi connectivity index (χ1v) is 10.9. The molecule has 9 nitrogen and oxygen atoms in total. The van der Waals surface area contributed by atoms with Crippen LogP contribution in [-0.2, 0) is 21.3 Å². The lowest BCUT2D eigenvalue weighted by Gasteiger charge is -2.32. The first-order chi connectivity index (χ1) is 12.9. The normalized spacial score (nSPS) is 20.4. The fraction of sp³-hybridized carbons (Fsp3) is 0.625. The Kier molecular flexibility index (Phi) is 5.10. The van der Waals surface area contributed by atoms with Crippen molar-refractivity contribution in [1.29, 1.82) is 0 Å². The number of hydrogen-bond donors (Lipinski definition) is 0. The molecule has 0 bridgehead atoms. The summed E-state index contributed by atoms with van der Waals surface area (Å²) >= 11 is 0. The summed E-state index contributed by atoms with van der Waals surface area (Å²) in [5, 5.41) is 0. The summed E-state index contributed by atoms with van der Waals surface area (Å²) in [4.78, 5) is 13.6. The molecule has 0 unspecified atom stereocenters. The third-order valence-electron chi connectivity index (χ3n) is 4.99. The van der Waals surface area contributed by atoms with E-state index in [4.69, 9.17) is 17.6 Å². The SMILES string of the molecule is [B]c1cn2cc(CN3CCN(S(C)(=O)=O)CC3)nc2c(N2CCOCC2)n1. The maximum atomic E-state index is 11.6. The molecule has 0 N–H and O–H groups in total. The van der Waals surface area contributed by atoms with Crippen molar-refractivity contribution in [2.24, 2.45) is 0 Å². The van der Waals surface area contributed by atoms with Crippen LogP contribution in [0.25, 0.3) is 5.65 Å². The third-order valence-corrected chi connectivity index (χ3v) is 6.29. The van der Waals surface area contributed by atoms with E-state index in [2.05, 4.69) is 14.8 Å². The van der Waals surface area contributed by atoms with Crippen LogP contribution in [0.4, 0.5) is 5.82 Å². The van der Waals surface area contributed by atoms with Crippen LogP contribution >= 0.6 is 0 Å².